The first kappa shape index (κ1) is 13.5. The van der Waals surface area contributed by atoms with Gasteiger partial charge in [0.15, 0.2) is 0 Å². The van der Waals surface area contributed by atoms with Crippen LogP contribution in [0.1, 0.15) is 10.4 Å². The highest BCUT2D eigenvalue weighted by molar-refractivity contribution is 7.94. The molecular weight excluding hydrogens is 284 g/mol. The lowest BCUT2D eigenvalue weighted by Crippen LogP contribution is -2.11. The summed E-state index contributed by atoms with van der Waals surface area (Å²) in [6.07, 6.45) is 0. The molecule has 0 aliphatic heterocycles. The normalized spacial score (nSPS) is 10.9. The number of aliphatic hydroxyl groups excluding tert-OH is 1. The Morgan fingerprint density at radius 3 is 2.42 bits per heavy atom. The first-order valence-electron chi connectivity index (χ1n) is 5.28. The summed E-state index contributed by atoms with van der Waals surface area (Å²) in [6.45, 7) is -0.0938. The molecule has 0 saturated heterocycles. The van der Waals surface area contributed by atoms with Crippen LogP contribution < -0.4 is 4.72 Å². The van der Waals surface area contributed by atoms with Crippen molar-refractivity contribution in [2.45, 2.75) is 10.8 Å². The van der Waals surface area contributed by atoms with Crippen LogP contribution in [0, 0.1) is 11.3 Å². The minimum Gasteiger partial charge on any atom is -0.392 e. The number of sulfonamides is 1. The maximum absolute atomic E-state index is 12.0. The summed E-state index contributed by atoms with van der Waals surface area (Å²) in [4.78, 5) is 0.344. The second-order valence-electron chi connectivity index (χ2n) is 3.69. The summed E-state index contributed by atoms with van der Waals surface area (Å²) in [6, 6.07) is 11.2. The zero-order valence-corrected chi connectivity index (χ0v) is 11.3. The molecule has 1 heterocycles. The first-order chi connectivity index (χ1) is 9.05. The van der Waals surface area contributed by atoms with Crippen LogP contribution in [0.4, 0.5) is 5.69 Å². The molecule has 98 valence electrons. The number of nitrogens with one attached hydrogen (secondary N) is 1. The van der Waals surface area contributed by atoms with Crippen molar-refractivity contribution in [2.24, 2.45) is 0 Å². The highest BCUT2D eigenvalue weighted by Gasteiger charge is 2.16. The lowest BCUT2D eigenvalue weighted by molar-refractivity contribution is 0.282. The number of hydrogen-bond donors (Lipinski definition) is 2. The minimum absolute atomic E-state index is 0.0929. The van der Waals surface area contributed by atoms with Crippen LogP contribution in [0.15, 0.2) is 40.6 Å². The van der Waals surface area contributed by atoms with Crippen molar-refractivity contribution >= 4 is 27.0 Å². The molecule has 19 heavy (non-hydrogen) atoms. The van der Waals surface area contributed by atoms with Gasteiger partial charge in [-0.05, 0) is 29.8 Å². The molecule has 2 aromatic rings. The molecule has 0 amide bonds. The molecule has 1 aromatic heterocycles. The van der Waals surface area contributed by atoms with Gasteiger partial charge in [-0.25, -0.2) is 8.42 Å². The average molecular weight is 294 g/mol. The maximum atomic E-state index is 12.0. The number of anilines is 1. The average Bonchev–Trinajstić information content (AvgIpc) is 2.89. The Morgan fingerprint density at radius 2 is 1.89 bits per heavy atom. The Morgan fingerprint density at radius 1 is 1.21 bits per heavy atom. The zero-order valence-electron chi connectivity index (χ0n) is 9.70. The van der Waals surface area contributed by atoms with Gasteiger partial charge in [0.25, 0.3) is 10.0 Å². The van der Waals surface area contributed by atoms with Crippen LogP contribution in [-0.2, 0) is 16.6 Å². The Labute approximate surface area is 114 Å². The fourth-order valence-electron chi connectivity index (χ4n) is 1.41. The van der Waals surface area contributed by atoms with E-state index in [1.54, 1.807) is 24.3 Å². The number of thiophene rings is 1. The molecule has 1 aromatic carbocycles. The molecule has 7 heteroatoms. The predicted molar refractivity (Wildman–Crippen MR) is 72.2 cm³/mol. The highest BCUT2D eigenvalue weighted by Crippen LogP contribution is 2.23. The van der Waals surface area contributed by atoms with E-state index >= 15 is 0 Å². The lowest BCUT2D eigenvalue weighted by Gasteiger charge is -2.06. The van der Waals surface area contributed by atoms with Crippen molar-refractivity contribution in [3.63, 3.8) is 0 Å². The second-order valence-corrected chi connectivity index (χ2v) is 6.68. The van der Waals surface area contributed by atoms with Crippen LogP contribution in [0.25, 0.3) is 0 Å². The number of hydrogen-bond acceptors (Lipinski definition) is 5. The summed E-state index contributed by atoms with van der Waals surface area (Å²) in [7, 11) is -3.67. The Bertz CT molecular complexity index is 712. The number of nitrogens with zero attached hydrogens (tertiary/aromatic N) is 1. The van der Waals surface area contributed by atoms with Gasteiger partial charge in [0.2, 0.25) is 0 Å². The van der Waals surface area contributed by atoms with Gasteiger partial charge >= 0.3 is 0 Å². The fourth-order valence-corrected chi connectivity index (χ4v) is 3.57. The van der Waals surface area contributed by atoms with E-state index in [1.165, 1.54) is 12.1 Å². The maximum Gasteiger partial charge on any atom is 0.271 e. The van der Waals surface area contributed by atoms with Crippen molar-refractivity contribution in [2.75, 3.05) is 4.72 Å². The first-order valence-corrected chi connectivity index (χ1v) is 7.57. The molecule has 0 aliphatic rings. The fraction of sp³-hybridized carbons (Fsp3) is 0.0833. The van der Waals surface area contributed by atoms with Crippen molar-refractivity contribution in [3.8, 4) is 6.07 Å². The predicted octanol–water partition coefficient (Wildman–Crippen LogP) is 1.91. The van der Waals surface area contributed by atoms with Gasteiger partial charge in [0, 0.05) is 5.69 Å². The van der Waals surface area contributed by atoms with E-state index in [9.17, 15) is 8.42 Å². The highest BCUT2D eigenvalue weighted by atomic mass is 32.2. The largest absolute Gasteiger partial charge is 0.392 e. The van der Waals surface area contributed by atoms with Crippen LogP contribution in [0.3, 0.4) is 0 Å². The van der Waals surface area contributed by atoms with Gasteiger partial charge in [0.1, 0.15) is 15.2 Å². The quantitative estimate of drug-likeness (QED) is 0.901. The van der Waals surface area contributed by atoms with E-state index in [2.05, 4.69) is 4.72 Å². The molecule has 0 aliphatic carbocycles. The summed E-state index contributed by atoms with van der Waals surface area (Å²) in [5.74, 6) is 0. The summed E-state index contributed by atoms with van der Waals surface area (Å²) in [5.41, 5.74) is 1.11. The number of aliphatic hydroxyl groups is 1. The summed E-state index contributed by atoms with van der Waals surface area (Å²) >= 11 is 0.915. The molecule has 0 bridgehead atoms. The van der Waals surface area contributed by atoms with Gasteiger partial charge in [-0.2, -0.15) is 5.26 Å². The second kappa shape index (κ2) is 5.40. The van der Waals surface area contributed by atoms with E-state index in [-0.39, 0.29) is 10.8 Å². The molecule has 0 atom stereocenters. The molecule has 0 radical (unpaired) electrons. The molecule has 2 rings (SSSR count). The monoisotopic (exact) mass is 294 g/mol. The third-order valence-electron chi connectivity index (χ3n) is 2.35. The Balaban J connectivity index is 2.23. The van der Waals surface area contributed by atoms with Gasteiger partial charge in [0.05, 0.1) is 6.61 Å². The van der Waals surface area contributed by atoms with Crippen molar-refractivity contribution < 1.29 is 13.5 Å². The van der Waals surface area contributed by atoms with Crippen LogP contribution in [-0.4, -0.2) is 13.5 Å². The van der Waals surface area contributed by atoms with Crippen LogP contribution >= 0.6 is 11.3 Å². The Kier molecular flexibility index (Phi) is 3.85. The number of benzene rings is 1. The SMILES string of the molecule is N#Cc1ccc(S(=O)(=O)Nc2ccc(CO)cc2)s1. The van der Waals surface area contributed by atoms with E-state index < -0.39 is 10.0 Å². The molecule has 0 saturated carbocycles. The van der Waals surface area contributed by atoms with E-state index in [0.717, 1.165) is 11.3 Å². The summed E-state index contributed by atoms with van der Waals surface area (Å²) < 4.78 is 26.6. The van der Waals surface area contributed by atoms with Gasteiger partial charge in [-0.3, -0.25) is 4.72 Å². The standard InChI is InChI=1S/C12H10N2O3S2/c13-7-11-5-6-12(18-11)19(16,17)14-10-3-1-9(8-15)2-4-10/h1-6,14-15H,8H2. The van der Waals surface area contributed by atoms with Crippen molar-refractivity contribution in [1.82, 2.24) is 0 Å². The molecule has 0 fully saturated rings. The third-order valence-corrected chi connectivity index (χ3v) is 5.21. The molecule has 0 spiro atoms. The molecule has 2 N–H and O–H groups in total. The molecule has 5 nitrogen and oxygen atoms in total. The van der Waals surface area contributed by atoms with Gasteiger partial charge in [-0.1, -0.05) is 12.1 Å². The van der Waals surface area contributed by atoms with Crippen molar-refractivity contribution in [1.29, 1.82) is 5.26 Å². The van der Waals surface area contributed by atoms with E-state index in [1.807, 2.05) is 6.07 Å². The third kappa shape index (κ3) is 3.12. The topological polar surface area (TPSA) is 90.2 Å². The molecular formula is C12H10N2O3S2. The zero-order chi connectivity index (χ0) is 13.9. The van der Waals surface area contributed by atoms with Crippen LogP contribution in [0.5, 0.6) is 0 Å². The molecule has 0 unspecified atom stereocenters. The van der Waals surface area contributed by atoms with Crippen LogP contribution in [0.2, 0.25) is 0 Å². The van der Waals surface area contributed by atoms with E-state index in [4.69, 9.17) is 10.4 Å². The number of nitriles is 1. The van der Waals surface area contributed by atoms with E-state index in [0.29, 0.717) is 16.1 Å². The smallest absolute Gasteiger partial charge is 0.271 e. The van der Waals surface area contributed by atoms with Crippen molar-refractivity contribution in [3.05, 3.63) is 46.8 Å². The Hall–Kier alpha value is -1.88. The number of rotatable bonds is 4. The minimum atomic E-state index is -3.67. The van der Waals surface area contributed by atoms with Gasteiger partial charge < -0.3 is 5.11 Å². The summed E-state index contributed by atoms with van der Waals surface area (Å²) in [5, 5.41) is 17.6. The lowest BCUT2D eigenvalue weighted by atomic mass is 10.2. The van der Waals surface area contributed by atoms with Gasteiger partial charge in [-0.15, -0.1) is 11.3 Å².